The zero-order valence-corrected chi connectivity index (χ0v) is 15.0. The Balaban J connectivity index is 1.91. The van der Waals surface area contributed by atoms with E-state index in [9.17, 15) is 13.2 Å². The largest absolute Gasteiger partial charge is 0.334 e. The molecule has 0 saturated carbocycles. The molecular formula is C17H19ClN2O3S. The van der Waals surface area contributed by atoms with Crippen LogP contribution >= 0.6 is 11.6 Å². The SMILES string of the molecule is C[C@@H](c1ccc(NC(=O)NCc2ccc(Cl)cc2)cc1)S(C)(=O)=O. The molecule has 2 amide bonds. The lowest BCUT2D eigenvalue weighted by molar-refractivity contribution is 0.251. The van der Waals surface area contributed by atoms with E-state index in [1.807, 2.05) is 12.1 Å². The number of carbonyl (C=O) groups excluding carboxylic acids is 1. The molecule has 0 bridgehead atoms. The average Bonchev–Trinajstić information content (AvgIpc) is 2.53. The number of hydrogen-bond donors (Lipinski definition) is 2. The van der Waals surface area contributed by atoms with Crippen molar-refractivity contribution in [3.8, 4) is 0 Å². The zero-order valence-electron chi connectivity index (χ0n) is 13.4. The van der Waals surface area contributed by atoms with E-state index in [2.05, 4.69) is 10.6 Å². The summed E-state index contributed by atoms with van der Waals surface area (Å²) in [6.07, 6.45) is 1.20. The van der Waals surface area contributed by atoms with Crippen LogP contribution in [0.1, 0.15) is 23.3 Å². The van der Waals surface area contributed by atoms with Crippen molar-refractivity contribution in [2.75, 3.05) is 11.6 Å². The van der Waals surface area contributed by atoms with Crippen LogP contribution in [0.15, 0.2) is 48.5 Å². The number of nitrogens with one attached hydrogen (secondary N) is 2. The van der Waals surface area contributed by atoms with Crippen molar-refractivity contribution in [3.63, 3.8) is 0 Å². The summed E-state index contributed by atoms with van der Waals surface area (Å²) >= 11 is 5.81. The van der Waals surface area contributed by atoms with Crippen LogP contribution in [-0.2, 0) is 16.4 Å². The molecule has 0 saturated heterocycles. The molecule has 0 heterocycles. The number of sulfone groups is 1. The maximum absolute atomic E-state index is 11.9. The molecule has 0 radical (unpaired) electrons. The number of hydrogen-bond acceptors (Lipinski definition) is 3. The highest BCUT2D eigenvalue weighted by atomic mass is 35.5. The topological polar surface area (TPSA) is 75.3 Å². The van der Waals surface area contributed by atoms with E-state index in [4.69, 9.17) is 11.6 Å². The van der Waals surface area contributed by atoms with E-state index in [0.717, 1.165) is 5.56 Å². The second-order valence-electron chi connectivity index (χ2n) is 5.53. The Labute approximate surface area is 147 Å². The third-order valence-corrected chi connectivity index (χ3v) is 5.46. The molecule has 0 aromatic heterocycles. The molecule has 2 aromatic rings. The van der Waals surface area contributed by atoms with Crippen LogP contribution < -0.4 is 10.6 Å². The predicted octanol–water partition coefficient (Wildman–Crippen LogP) is 3.77. The fourth-order valence-electron chi connectivity index (χ4n) is 2.04. The molecule has 0 spiro atoms. The van der Waals surface area contributed by atoms with Crippen molar-refractivity contribution in [1.29, 1.82) is 0 Å². The molecule has 24 heavy (non-hydrogen) atoms. The van der Waals surface area contributed by atoms with Crippen molar-refractivity contribution in [2.45, 2.75) is 18.7 Å². The summed E-state index contributed by atoms with van der Waals surface area (Å²) in [6, 6.07) is 13.6. The third kappa shape index (κ3) is 5.25. The molecule has 128 valence electrons. The Morgan fingerprint density at radius 2 is 1.67 bits per heavy atom. The number of amides is 2. The summed E-state index contributed by atoms with van der Waals surface area (Å²) in [4.78, 5) is 11.9. The Kier molecular flexibility index (Phi) is 5.85. The minimum atomic E-state index is -3.14. The van der Waals surface area contributed by atoms with Crippen LogP contribution in [0.25, 0.3) is 0 Å². The van der Waals surface area contributed by atoms with Crippen molar-refractivity contribution in [1.82, 2.24) is 5.32 Å². The summed E-state index contributed by atoms with van der Waals surface area (Å²) in [5, 5.41) is 5.51. The molecule has 0 fully saturated rings. The molecule has 1 atom stereocenters. The lowest BCUT2D eigenvalue weighted by Crippen LogP contribution is -2.28. The van der Waals surface area contributed by atoms with Gasteiger partial charge in [-0.3, -0.25) is 0 Å². The van der Waals surface area contributed by atoms with Gasteiger partial charge < -0.3 is 10.6 Å². The first-order valence-corrected chi connectivity index (χ1v) is 9.67. The molecule has 5 nitrogen and oxygen atoms in total. The van der Waals surface area contributed by atoms with E-state index >= 15 is 0 Å². The van der Waals surface area contributed by atoms with Gasteiger partial charge in [-0.1, -0.05) is 35.9 Å². The van der Waals surface area contributed by atoms with Crippen molar-refractivity contribution in [3.05, 3.63) is 64.7 Å². The lowest BCUT2D eigenvalue weighted by atomic mass is 10.1. The highest BCUT2D eigenvalue weighted by Gasteiger charge is 2.16. The molecule has 7 heteroatoms. The smallest absolute Gasteiger partial charge is 0.319 e. The number of halogens is 1. The van der Waals surface area contributed by atoms with Gasteiger partial charge in [-0.25, -0.2) is 13.2 Å². The van der Waals surface area contributed by atoms with Crippen LogP contribution in [0.3, 0.4) is 0 Å². The summed E-state index contributed by atoms with van der Waals surface area (Å²) in [6.45, 7) is 2.02. The fourth-order valence-corrected chi connectivity index (χ4v) is 2.82. The highest BCUT2D eigenvalue weighted by molar-refractivity contribution is 7.90. The maximum Gasteiger partial charge on any atom is 0.319 e. The molecule has 2 aromatic carbocycles. The summed E-state index contributed by atoms with van der Waals surface area (Å²) < 4.78 is 23.1. The second-order valence-corrected chi connectivity index (χ2v) is 8.33. The molecular weight excluding hydrogens is 348 g/mol. The van der Waals surface area contributed by atoms with Crippen LogP contribution in [0.5, 0.6) is 0 Å². The van der Waals surface area contributed by atoms with Crippen LogP contribution in [-0.4, -0.2) is 20.7 Å². The Hall–Kier alpha value is -2.05. The van der Waals surface area contributed by atoms with E-state index < -0.39 is 15.1 Å². The quantitative estimate of drug-likeness (QED) is 0.845. The van der Waals surface area contributed by atoms with Gasteiger partial charge in [-0.05, 0) is 42.3 Å². The van der Waals surface area contributed by atoms with Gasteiger partial charge in [-0.15, -0.1) is 0 Å². The standard InChI is InChI=1S/C17H19ClN2O3S/c1-12(24(2,22)23)14-5-9-16(10-6-14)20-17(21)19-11-13-3-7-15(18)8-4-13/h3-10,12H,11H2,1-2H3,(H2,19,20,21)/t12-/m0/s1. The van der Waals surface area contributed by atoms with E-state index in [1.54, 1.807) is 43.3 Å². The van der Waals surface area contributed by atoms with Crippen molar-refractivity contribution in [2.24, 2.45) is 0 Å². The highest BCUT2D eigenvalue weighted by Crippen LogP contribution is 2.22. The van der Waals surface area contributed by atoms with E-state index in [-0.39, 0.29) is 6.03 Å². The summed E-state index contributed by atoms with van der Waals surface area (Å²) in [7, 11) is -3.14. The molecule has 2 N–H and O–H groups in total. The predicted molar refractivity (Wildman–Crippen MR) is 97.0 cm³/mol. The molecule has 0 unspecified atom stereocenters. The lowest BCUT2D eigenvalue weighted by Gasteiger charge is -2.11. The normalized spacial score (nSPS) is 12.5. The fraction of sp³-hybridized carbons (Fsp3) is 0.235. The third-order valence-electron chi connectivity index (χ3n) is 3.65. The Morgan fingerprint density at radius 1 is 1.08 bits per heavy atom. The van der Waals surface area contributed by atoms with Gasteiger partial charge in [0.2, 0.25) is 0 Å². The number of benzene rings is 2. The maximum atomic E-state index is 11.9. The summed E-state index contributed by atoms with van der Waals surface area (Å²) in [5.74, 6) is 0. The molecule has 0 aliphatic rings. The molecule has 0 aliphatic carbocycles. The van der Waals surface area contributed by atoms with E-state index in [1.165, 1.54) is 6.26 Å². The zero-order chi connectivity index (χ0) is 17.7. The first kappa shape index (κ1) is 18.3. The van der Waals surface area contributed by atoms with Crippen LogP contribution in [0.4, 0.5) is 10.5 Å². The van der Waals surface area contributed by atoms with E-state index in [0.29, 0.717) is 22.8 Å². The monoisotopic (exact) mass is 366 g/mol. The Morgan fingerprint density at radius 3 is 2.21 bits per heavy atom. The Bertz CT molecular complexity index is 803. The molecule has 0 aliphatic heterocycles. The number of anilines is 1. The number of rotatable bonds is 5. The van der Waals surface area contributed by atoms with Crippen LogP contribution in [0.2, 0.25) is 5.02 Å². The average molecular weight is 367 g/mol. The van der Waals surface area contributed by atoms with Crippen LogP contribution in [0, 0.1) is 0 Å². The van der Waals surface area contributed by atoms with Gasteiger partial charge in [0.05, 0.1) is 5.25 Å². The molecule has 2 rings (SSSR count). The van der Waals surface area contributed by atoms with Gasteiger partial charge in [0.15, 0.2) is 9.84 Å². The first-order chi connectivity index (χ1) is 11.3. The second kappa shape index (κ2) is 7.68. The van der Waals surface area contributed by atoms with Gasteiger partial charge in [-0.2, -0.15) is 0 Å². The minimum Gasteiger partial charge on any atom is -0.334 e. The number of carbonyl (C=O) groups is 1. The summed E-state index contributed by atoms with van der Waals surface area (Å²) in [5.41, 5.74) is 2.21. The van der Waals surface area contributed by atoms with Gasteiger partial charge in [0.1, 0.15) is 0 Å². The van der Waals surface area contributed by atoms with Gasteiger partial charge in [0.25, 0.3) is 0 Å². The van der Waals surface area contributed by atoms with Crippen molar-refractivity contribution < 1.29 is 13.2 Å². The van der Waals surface area contributed by atoms with Crippen molar-refractivity contribution >= 4 is 33.2 Å². The minimum absolute atomic E-state index is 0.339. The van der Waals surface area contributed by atoms with Gasteiger partial charge >= 0.3 is 6.03 Å². The first-order valence-electron chi connectivity index (χ1n) is 7.34. The number of urea groups is 1. The van der Waals surface area contributed by atoms with Gasteiger partial charge in [0, 0.05) is 23.5 Å².